The summed E-state index contributed by atoms with van der Waals surface area (Å²) in [5.41, 5.74) is 0.498. The van der Waals surface area contributed by atoms with Gasteiger partial charge in [0.2, 0.25) is 5.95 Å². The number of aromatic nitrogens is 3. The van der Waals surface area contributed by atoms with E-state index >= 15 is 0 Å². The van der Waals surface area contributed by atoms with Gasteiger partial charge in [0.25, 0.3) is 5.91 Å². The maximum absolute atomic E-state index is 11.7. The standard InChI is InChI=1S/C9H10N4O2/c1-6-7(3-4-15-6)8(14)11-9-12-10-5-13(9)2/h3-5H,1-2H3,(H,11,12,14). The van der Waals surface area contributed by atoms with Crippen molar-refractivity contribution in [1.82, 2.24) is 14.8 Å². The first-order valence-corrected chi connectivity index (χ1v) is 4.38. The second kappa shape index (κ2) is 3.56. The topological polar surface area (TPSA) is 73.0 Å². The summed E-state index contributed by atoms with van der Waals surface area (Å²) in [6.45, 7) is 1.73. The Morgan fingerprint density at radius 1 is 1.60 bits per heavy atom. The number of aryl methyl sites for hydroxylation is 2. The molecule has 0 saturated heterocycles. The van der Waals surface area contributed by atoms with Crippen molar-refractivity contribution >= 4 is 11.9 Å². The molecule has 6 nitrogen and oxygen atoms in total. The number of nitrogens with one attached hydrogen (secondary N) is 1. The fourth-order valence-electron chi connectivity index (χ4n) is 1.19. The molecule has 0 aromatic carbocycles. The fraction of sp³-hybridized carbons (Fsp3) is 0.222. The normalized spacial score (nSPS) is 10.3. The number of carbonyl (C=O) groups excluding carboxylic acids is 1. The van der Waals surface area contributed by atoms with Crippen molar-refractivity contribution in [2.45, 2.75) is 6.92 Å². The number of hydrogen-bond acceptors (Lipinski definition) is 4. The Labute approximate surface area is 85.9 Å². The zero-order valence-corrected chi connectivity index (χ0v) is 8.39. The summed E-state index contributed by atoms with van der Waals surface area (Å²) >= 11 is 0. The molecule has 2 aromatic rings. The molecule has 78 valence electrons. The average molecular weight is 206 g/mol. The lowest BCUT2D eigenvalue weighted by Gasteiger charge is -2.01. The van der Waals surface area contributed by atoms with Gasteiger partial charge < -0.3 is 8.98 Å². The molecule has 0 saturated carbocycles. The summed E-state index contributed by atoms with van der Waals surface area (Å²) in [4.78, 5) is 11.7. The SMILES string of the molecule is Cc1occc1C(=O)Nc1nncn1C. The minimum absolute atomic E-state index is 0.252. The van der Waals surface area contributed by atoms with Gasteiger partial charge in [0.1, 0.15) is 12.1 Å². The number of rotatable bonds is 2. The number of anilines is 1. The van der Waals surface area contributed by atoms with E-state index < -0.39 is 0 Å². The lowest BCUT2D eigenvalue weighted by molar-refractivity contribution is 0.102. The zero-order valence-electron chi connectivity index (χ0n) is 8.39. The molecule has 0 aliphatic rings. The second-order valence-corrected chi connectivity index (χ2v) is 3.11. The first-order chi connectivity index (χ1) is 7.18. The summed E-state index contributed by atoms with van der Waals surface area (Å²) < 4.78 is 6.65. The molecule has 0 aliphatic heterocycles. The van der Waals surface area contributed by atoms with Crippen molar-refractivity contribution in [3.63, 3.8) is 0 Å². The molecular weight excluding hydrogens is 196 g/mol. The lowest BCUT2D eigenvalue weighted by atomic mass is 10.2. The van der Waals surface area contributed by atoms with Crippen LogP contribution in [0, 0.1) is 6.92 Å². The van der Waals surface area contributed by atoms with Gasteiger partial charge in [0.15, 0.2) is 0 Å². The van der Waals surface area contributed by atoms with Crippen molar-refractivity contribution in [2.75, 3.05) is 5.32 Å². The van der Waals surface area contributed by atoms with E-state index in [0.29, 0.717) is 17.3 Å². The predicted octanol–water partition coefficient (Wildman–Crippen LogP) is 0.969. The van der Waals surface area contributed by atoms with Crippen LogP contribution in [-0.2, 0) is 7.05 Å². The van der Waals surface area contributed by atoms with Gasteiger partial charge in [-0.3, -0.25) is 10.1 Å². The van der Waals surface area contributed by atoms with E-state index in [4.69, 9.17) is 4.42 Å². The van der Waals surface area contributed by atoms with E-state index in [1.165, 1.54) is 12.6 Å². The van der Waals surface area contributed by atoms with E-state index in [2.05, 4.69) is 15.5 Å². The summed E-state index contributed by atoms with van der Waals surface area (Å²) in [7, 11) is 1.75. The second-order valence-electron chi connectivity index (χ2n) is 3.11. The molecule has 0 atom stereocenters. The average Bonchev–Trinajstić information content (AvgIpc) is 2.76. The van der Waals surface area contributed by atoms with Crippen molar-refractivity contribution in [3.8, 4) is 0 Å². The van der Waals surface area contributed by atoms with Crippen LogP contribution in [0.15, 0.2) is 23.1 Å². The number of amides is 1. The molecule has 2 heterocycles. The highest BCUT2D eigenvalue weighted by atomic mass is 16.3. The van der Waals surface area contributed by atoms with Crippen LogP contribution >= 0.6 is 0 Å². The minimum atomic E-state index is -0.252. The van der Waals surface area contributed by atoms with E-state index in [-0.39, 0.29) is 5.91 Å². The molecule has 0 fully saturated rings. The maximum Gasteiger partial charge on any atom is 0.261 e. The third kappa shape index (κ3) is 1.74. The molecule has 0 bridgehead atoms. The summed E-state index contributed by atoms with van der Waals surface area (Å²) in [6.07, 6.45) is 2.98. The van der Waals surface area contributed by atoms with Crippen molar-refractivity contribution in [1.29, 1.82) is 0 Å². The van der Waals surface area contributed by atoms with Crippen LogP contribution in [0.4, 0.5) is 5.95 Å². The number of carbonyl (C=O) groups is 1. The Morgan fingerprint density at radius 2 is 2.40 bits per heavy atom. The van der Waals surface area contributed by atoms with E-state index in [1.54, 1.807) is 24.6 Å². The van der Waals surface area contributed by atoms with Crippen molar-refractivity contribution < 1.29 is 9.21 Å². The molecule has 1 amide bonds. The van der Waals surface area contributed by atoms with Crippen LogP contribution in [0.5, 0.6) is 0 Å². The molecule has 2 aromatic heterocycles. The van der Waals surface area contributed by atoms with E-state index in [9.17, 15) is 4.79 Å². The number of hydrogen-bond donors (Lipinski definition) is 1. The first-order valence-electron chi connectivity index (χ1n) is 4.38. The Bertz CT molecular complexity index is 486. The smallest absolute Gasteiger partial charge is 0.261 e. The predicted molar refractivity (Wildman–Crippen MR) is 52.4 cm³/mol. The molecule has 6 heteroatoms. The third-order valence-corrected chi connectivity index (χ3v) is 2.04. The van der Waals surface area contributed by atoms with Gasteiger partial charge in [-0.05, 0) is 13.0 Å². The quantitative estimate of drug-likeness (QED) is 0.794. The Hall–Kier alpha value is -2.11. The van der Waals surface area contributed by atoms with Crippen LogP contribution in [0.25, 0.3) is 0 Å². The van der Waals surface area contributed by atoms with Crippen LogP contribution in [0.2, 0.25) is 0 Å². The minimum Gasteiger partial charge on any atom is -0.469 e. The van der Waals surface area contributed by atoms with Crippen molar-refractivity contribution in [3.05, 3.63) is 30.0 Å². The highest BCUT2D eigenvalue weighted by Crippen LogP contribution is 2.10. The maximum atomic E-state index is 11.7. The van der Waals surface area contributed by atoms with Crippen molar-refractivity contribution in [2.24, 2.45) is 7.05 Å². The fourth-order valence-corrected chi connectivity index (χ4v) is 1.19. The molecule has 0 unspecified atom stereocenters. The van der Waals surface area contributed by atoms with Gasteiger partial charge in [-0.25, -0.2) is 0 Å². The molecule has 0 radical (unpaired) electrons. The molecular formula is C9H10N4O2. The van der Waals surface area contributed by atoms with Crippen LogP contribution in [0.3, 0.4) is 0 Å². The number of nitrogens with zero attached hydrogens (tertiary/aromatic N) is 3. The third-order valence-electron chi connectivity index (χ3n) is 2.04. The highest BCUT2D eigenvalue weighted by Gasteiger charge is 2.13. The Morgan fingerprint density at radius 3 is 2.93 bits per heavy atom. The van der Waals surface area contributed by atoms with Crippen LogP contribution in [-0.4, -0.2) is 20.7 Å². The number of furan rings is 1. The molecule has 1 N–H and O–H groups in total. The Kier molecular flexibility index (Phi) is 2.24. The lowest BCUT2D eigenvalue weighted by Crippen LogP contribution is -2.15. The Balaban J connectivity index is 2.18. The molecule has 15 heavy (non-hydrogen) atoms. The summed E-state index contributed by atoms with van der Waals surface area (Å²) in [6, 6.07) is 1.61. The van der Waals surface area contributed by atoms with Gasteiger partial charge in [-0.15, -0.1) is 10.2 Å². The monoisotopic (exact) mass is 206 g/mol. The highest BCUT2D eigenvalue weighted by molar-refractivity contribution is 6.03. The van der Waals surface area contributed by atoms with Gasteiger partial charge in [0, 0.05) is 7.05 Å². The zero-order chi connectivity index (χ0) is 10.8. The van der Waals surface area contributed by atoms with Gasteiger partial charge >= 0.3 is 0 Å². The van der Waals surface area contributed by atoms with Gasteiger partial charge in [-0.2, -0.15) is 0 Å². The van der Waals surface area contributed by atoms with Gasteiger partial charge in [0.05, 0.1) is 11.8 Å². The van der Waals surface area contributed by atoms with Crippen LogP contribution in [0.1, 0.15) is 16.1 Å². The largest absolute Gasteiger partial charge is 0.469 e. The van der Waals surface area contributed by atoms with E-state index in [0.717, 1.165) is 0 Å². The summed E-state index contributed by atoms with van der Waals surface area (Å²) in [5.74, 6) is 0.729. The van der Waals surface area contributed by atoms with Gasteiger partial charge in [-0.1, -0.05) is 0 Å². The van der Waals surface area contributed by atoms with Crippen LogP contribution < -0.4 is 5.32 Å². The first kappa shape index (κ1) is 9.45. The molecule has 0 spiro atoms. The van der Waals surface area contributed by atoms with E-state index in [1.807, 2.05) is 0 Å². The molecule has 0 aliphatic carbocycles. The molecule has 2 rings (SSSR count). The summed E-state index contributed by atoms with van der Waals surface area (Å²) in [5, 5.41) is 10.0.